The molecule has 0 fully saturated rings. The van der Waals surface area contributed by atoms with Crippen molar-refractivity contribution >= 4 is 17.6 Å². The second-order valence-electron chi connectivity index (χ2n) is 5.43. The second kappa shape index (κ2) is 6.62. The maximum absolute atomic E-state index is 13.0. The Bertz CT molecular complexity index is 756. The molecular formula is C18H17NO5. The molecule has 1 heterocycles. The van der Waals surface area contributed by atoms with Gasteiger partial charge in [0.2, 0.25) is 0 Å². The molecule has 1 unspecified atom stereocenters. The Labute approximate surface area is 139 Å². The van der Waals surface area contributed by atoms with Gasteiger partial charge in [-0.1, -0.05) is 12.1 Å². The van der Waals surface area contributed by atoms with Crippen LogP contribution in [-0.2, 0) is 4.79 Å². The Kier molecular flexibility index (Phi) is 4.37. The molecule has 0 saturated heterocycles. The molecule has 3 rings (SSSR count). The molecule has 1 atom stereocenters. The molecular weight excluding hydrogens is 310 g/mol. The third kappa shape index (κ3) is 3.03. The van der Waals surface area contributed by atoms with Crippen molar-refractivity contribution in [2.75, 3.05) is 18.6 Å². The fourth-order valence-corrected chi connectivity index (χ4v) is 2.74. The third-order valence-electron chi connectivity index (χ3n) is 3.89. The fraction of sp³-hybridized carbons (Fsp3) is 0.222. The van der Waals surface area contributed by atoms with Gasteiger partial charge in [-0.05, 0) is 36.4 Å². The zero-order valence-electron chi connectivity index (χ0n) is 13.1. The minimum absolute atomic E-state index is 0.144. The van der Waals surface area contributed by atoms with Gasteiger partial charge in [0.15, 0.2) is 0 Å². The Hall–Kier alpha value is -3.02. The van der Waals surface area contributed by atoms with Crippen LogP contribution < -0.4 is 14.4 Å². The highest BCUT2D eigenvalue weighted by Crippen LogP contribution is 2.35. The molecule has 0 radical (unpaired) electrons. The zero-order chi connectivity index (χ0) is 17.1. The third-order valence-corrected chi connectivity index (χ3v) is 3.89. The molecule has 0 aliphatic carbocycles. The number of methoxy groups -OCH3 is 1. The lowest BCUT2D eigenvalue weighted by atomic mass is 10.1. The number of carbonyl (C=O) groups is 2. The minimum Gasteiger partial charge on any atom is -0.497 e. The number of hydrogen-bond donors (Lipinski definition) is 1. The van der Waals surface area contributed by atoms with E-state index in [0.29, 0.717) is 22.7 Å². The van der Waals surface area contributed by atoms with Gasteiger partial charge in [0, 0.05) is 5.56 Å². The summed E-state index contributed by atoms with van der Waals surface area (Å²) in [6.07, 6.45) is -0.184. The Morgan fingerprint density at radius 2 is 1.92 bits per heavy atom. The maximum Gasteiger partial charge on any atom is 0.305 e. The summed E-state index contributed by atoms with van der Waals surface area (Å²) in [6.45, 7) is 0.144. The molecule has 1 aliphatic heterocycles. The summed E-state index contributed by atoms with van der Waals surface area (Å²) in [7, 11) is 1.55. The minimum atomic E-state index is -0.976. The smallest absolute Gasteiger partial charge is 0.305 e. The summed E-state index contributed by atoms with van der Waals surface area (Å²) in [5.74, 6) is -0.0211. The molecule has 2 aromatic carbocycles. The summed E-state index contributed by atoms with van der Waals surface area (Å²) in [5.41, 5.74) is 1.04. The van der Waals surface area contributed by atoms with Crippen molar-refractivity contribution in [2.24, 2.45) is 0 Å². The van der Waals surface area contributed by atoms with Gasteiger partial charge in [-0.25, -0.2) is 0 Å². The molecule has 0 saturated carbocycles. The maximum atomic E-state index is 13.0. The van der Waals surface area contributed by atoms with Crippen LogP contribution in [0.3, 0.4) is 0 Å². The first-order valence-corrected chi connectivity index (χ1v) is 7.51. The molecule has 0 bridgehead atoms. The number of ether oxygens (including phenoxy) is 2. The van der Waals surface area contributed by atoms with E-state index in [1.54, 1.807) is 49.6 Å². The number of amides is 1. The molecule has 24 heavy (non-hydrogen) atoms. The van der Waals surface area contributed by atoms with Crippen LogP contribution >= 0.6 is 0 Å². The normalized spacial score (nSPS) is 16.0. The molecule has 0 aromatic heterocycles. The van der Waals surface area contributed by atoms with E-state index in [1.807, 2.05) is 6.07 Å². The van der Waals surface area contributed by atoms with Crippen molar-refractivity contribution in [2.45, 2.75) is 12.5 Å². The van der Waals surface area contributed by atoms with Crippen molar-refractivity contribution in [3.05, 3.63) is 54.1 Å². The topological polar surface area (TPSA) is 76.1 Å². The van der Waals surface area contributed by atoms with Crippen LogP contribution in [0.4, 0.5) is 5.69 Å². The predicted molar refractivity (Wildman–Crippen MR) is 87.8 cm³/mol. The standard InChI is InChI=1S/C18H17NO5/c1-23-14-8-6-12(7-9-14)18(22)19-13(10-17(20)21)11-24-16-5-3-2-4-15(16)19/h2-9,13H,10-11H2,1H3,(H,20,21). The van der Waals surface area contributed by atoms with Gasteiger partial charge in [0.1, 0.15) is 18.1 Å². The molecule has 6 heteroatoms. The molecule has 124 valence electrons. The average Bonchev–Trinajstić information content (AvgIpc) is 2.60. The molecule has 0 spiro atoms. The predicted octanol–water partition coefficient (Wildman–Crippen LogP) is 2.58. The Morgan fingerprint density at radius 1 is 1.21 bits per heavy atom. The Balaban J connectivity index is 1.98. The van der Waals surface area contributed by atoms with Crippen LogP contribution in [-0.4, -0.2) is 36.7 Å². The lowest BCUT2D eigenvalue weighted by molar-refractivity contribution is -0.137. The highest BCUT2D eigenvalue weighted by Gasteiger charge is 2.34. The van der Waals surface area contributed by atoms with E-state index in [9.17, 15) is 9.59 Å². The van der Waals surface area contributed by atoms with E-state index in [-0.39, 0.29) is 18.9 Å². The molecule has 1 N–H and O–H groups in total. The lowest BCUT2D eigenvalue weighted by Gasteiger charge is -2.36. The van der Waals surface area contributed by atoms with E-state index < -0.39 is 12.0 Å². The first-order chi connectivity index (χ1) is 11.6. The lowest BCUT2D eigenvalue weighted by Crippen LogP contribution is -2.47. The number of aliphatic carboxylic acids is 1. The summed E-state index contributed by atoms with van der Waals surface area (Å²) in [4.78, 5) is 25.7. The van der Waals surface area contributed by atoms with Crippen LogP contribution in [0.1, 0.15) is 16.8 Å². The van der Waals surface area contributed by atoms with Crippen molar-refractivity contribution in [3.8, 4) is 11.5 Å². The summed E-state index contributed by atoms with van der Waals surface area (Å²) in [6, 6.07) is 13.3. The van der Waals surface area contributed by atoms with Gasteiger partial charge in [-0.2, -0.15) is 0 Å². The molecule has 1 amide bonds. The number of nitrogens with zero attached hydrogens (tertiary/aromatic N) is 1. The largest absolute Gasteiger partial charge is 0.497 e. The number of hydrogen-bond acceptors (Lipinski definition) is 4. The van der Waals surface area contributed by atoms with Gasteiger partial charge in [-0.15, -0.1) is 0 Å². The molecule has 1 aliphatic rings. The Morgan fingerprint density at radius 3 is 2.58 bits per heavy atom. The first-order valence-electron chi connectivity index (χ1n) is 7.51. The van der Waals surface area contributed by atoms with Crippen molar-refractivity contribution in [3.63, 3.8) is 0 Å². The molecule has 6 nitrogen and oxygen atoms in total. The number of carboxylic acid groups (broad SMARTS) is 1. The highest BCUT2D eigenvalue weighted by molar-refractivity contribution is 6.08. The highest BCUT2D eigenvalue weighted by atomic mass is 16.5. The zero-order valence-corrected chi connectivity index (χ0v) is 13.1. The number of rotatable bonds is 4. The number of fused-ring (bicyclic) bond motifs is 1. The van der Waals surface area contributed by atoms with Crippen LogP contribution in [0.5, 0.6) is 11.5 Å². The average molecular weight is 327 g/mol. The second-order valence-corrected chi connectivity index (χ2v) is 5.43. The fourth-order valence-electron chi connectivity index (χ4n) is 2.74. The van der Waals surface area contributed by atoms with Gasteiger partial charge in [-0.3, -0.25) is 14.5 Å². The van der Waals surface area contributed by atoms with Crippen LogP contribution in [0.25, 0.3) is 0 Å². The van der Waals surface area contributed by atoms with Crippen LogP contribution in [0, 0.1) is 0 Å². The summed E-state index contributed by atoms with van der Waals surface area (Å²) in [5, 5.41) is 9.14. The summed E-state index contributed by atoms with van der Waals surface area (Å²) >= 11 is 0. The van der Waals surface area contributed by atoms with E-state index >= 15 is 0 Å². The monoisotopic (exact) mass is 327 g/mol. The van der Waals surface area contributed by atoms with Crippen molar-refractivity contribution in [1.82, 2.24) is 0 Å². The van der Waals surface area contributed by atoms with E-state index in [0.717, 1.165) is 0 Å². The van der Waals surface area contributed by atoms with Crippen LogP contribution in [0.2, 0.25) is 0 Å². The number of carbonyl (C=O) groups excluding carboxylic acids is 1. The number of anilines is 1. The quantitative estimate of drug-likeness (QED) is 0.934. The van der Waals surface area contributed by atoms with E-state index in [4.69, 9.17) is 14.6 Å². The van der Waals surface area contributed by atoms with Crippen molar-refractivity contribution < 1.29 is 24.2 Å². The van der Waals surface area contributed by atoms with Gasteiger partial charge >= 0.3 is 5.97 Å². The van der Waals surface area contributed by atoms with E-state index in [2.05, 4.69) is 0 Å². The van der Waals surface area contributed by atoms with Crippen LogP contribution in [0.15, 0.2) is 48.5 Å². The van der Waals surface area contributed by atoms with Crippen molar-refractivity contribution in [1.29, 1.82) is 0 Å². The van der Waals surface area contributed by atoms with E-state index in [1.165, 1.54) is 4.90 Å². The molecule has 2 aromatic rings. The number of benzene rings is 2. The SMILES string of the molecule is COc1ccc(C(=O)N2c3ccccc3OCC2CC(=O)O)cc1. The first kappa shape index (κ1) is 15.9. The van der Waals surface area contributed by atoms with Gasteiger partial charge in [0.25, 0.3) is 5.91 Å². The summed E-state index contributed by atoms with van der Waals surface area (Å²) < 4.78 is 10.7. The van der Waals surface area contributed by atoms with Gasteiger partial charge in [0.05, 0.1) is 25.3 Å². The number of carboxylic acids is 1. The number of para-hydroxylation sites is 2. The van der Waals surface area contributed by atoms with Gasteiger partial charge < -0.3 is 14.6 Å².